The van der Waals surface area contributed by atoms with E-state index in [0.29, 0.717) is 13.0 Å². The zero-order valence-electron chi connectivity index (χ0n) is 8.52. The molecule has 1 fully saturated rings. The summed E-state index contributed by atoms with van der Waals surface area (Å²) in [5.41, 5.74) is 2.70. The van der Waals surface area contributed by atoms with Crippen LogP contribution in [-0.4, -0.2) is 24.1 Å². The lowest BCUT2D eigenvalue weighted by atomic mass is 10.2. The predicted molar refractivity (Wildman–Crippen MR) is 50.0 cm³/mol. The zero-order valence-corrected chi connectivity index (χ0v) is 8.52. The summed E-state index contributed by atoms with van der Waals surface area (Å²) in [5, 5.41) is 2.86. The second-order valence-electron chi connectivity index (χ2n) is 4.37. The second kappa shape index (κ2) is 4.07. The number of hydrogen-bond acceptors (Lipinski definition) is 3. The molecule has 0 saturated carbocycles. The van der Waals surface area contributed by atoms with E-state index in [1.54, 1.807) is 0 Å². The van der Waals surface area contributed by atoms with Gasteiger partial charge in [-0.05, 0) is 27.2 Å². The Morgan fingerprint density at radius 2 is 2.31 bits per heavy atom. The minimum atomic E-state index is -0.178. The molecule has 1 heterocycles. The van der Waals surface area contributed by atoms with Gasteiger partial charge in [0.25, 0.3) is 0 Å². The molecule has 76 valence electrons. The molecule has 0 aromatic heterocycles. The van der Waals surface area contributed by atoms with Crippen molar-refractivity contribution in [2.24, 2.45) is 0 Å². The van der Waals surface area contributed by atoms with Crippen LogP contribution in [0.1, 0.15) is 33.6 Å². The van der Waals surface area contributed by atoms with Gasteiger partial charge in [0.05, 0.1) is 5.60 Å². The average Bonchev–Trinajstić information content (AvgIpc) is 2.33. The van der Waals surface area contributed by atoms with Crippen LogP contribution in [0.15, 0.2) is 0 Å². The first-order chi connectivity index (χ1) is 5.97. The molecule has 1 rings (SSSR count). The van der Waals surface area contributed by atoms with Crippen LogP contribution in [0.2, 0.25) is 0 Å². The summed E-state index contributed by atoms with van der Waals surface area (Å²) in [4.78, 5) is 16.2. The maximum absolute atomic E-state index is 10.8. The Balaban J connectivity index is 2.10. The summed E-state index contributed by atoms with van der Waals surface area (Å²) in [6, 6.07) is 0.231. The van der Waals surface area contributed by atoms with E-state index in [1.165, 1.54) is 0 Å². The van der Waals surface area contributed by atoms with Crippen molar-refractivity contribution in [3.63, 3.8) is 0 Å². The van der Waals surface area contributed by atoms with Gasteiger partial charge in [-0.25, -0.2) is 0 Å². The van der Waals surface area contributed by atoms with Gasteiger partial charge in [0.1, 0.15) is 0 Å². The third-order valence-electron chi connectivity index (χ3n) is 1.79. The molecule has 1 aliphatic rings. The lowest BCUT2D eigenvalue weighted by Crippen LogP contribution is -2.39. The Hall–Kier alpha value is -0.610. The molecule has 1 unspecified atom stereocenters. The summed E-state index contributed by atoms with van der Waals surface area (Å²) >= 11 is 0. The van der Waals surface area contributed by atoms with E-state index in [-0.39, 0.29) is 17.6 Å². The highest BCUT2D eigenvalue weighted by molar-refractivity contribution is 5.78. The van der Waals surface area contributed by atoms with E-state index in [1.807, 2.05) is 20.8 Å². The summed E-state index contributed by atoms with van der Waals surface area (Å²) in [7, 11) is 0. The number of hydroxylamine groups is 1. The van der Waals surface area contributed by atoms with Gasteiger partial charge in [0.2, 0.25) is 5.91 Å². The largest absolute Gasteiger partial charge is 0.352 e. The van der Waals surface area contributed by atoms with Crippen molar-refractivity contribution in [2.45, 2.75) is 45.3 Å². The van der Waals surface area contributed by atoms with Crippen molar-refractivity contribution < 1.29 is 9.63 Å². The van der Waals surface area contributed by atoms with Crippen LogP contribution >= 0.6 is 0 Å². The second-order valence-corrected chi connectivity index (χ2v) is 4.37. The SMILES string of the molecule is CC(C)(C)ONCC1CCC(=O)N1. The van der Waals surface area contributed by atoms with E-state index in [4.69, 9.17) is 4.84 Å². The maximum Gasteiger partial charge on any atom is 0.220 e. The highest BCUT2D eigenvalue weighted by Gasteiger charge is 2.20. The molecule has 0 aromatic carbocycles. The van der Waals surface area contributed by atoms with Crippen LogP contribution in [0.5, 0.6) is 0 Å². The van der Waals surface area contributed by atoms with Crippen LogP contribution in [-0.2, 0) is 9.63 Å². The highest BCUT2D eigenvalue weighted by Crippen LogP contribution is 2.07. The van der Waals surface area contributed by atoms with Crippen LogP contribution in [0.3, 0.4) is 0 Å². The van der Waals surface area contributed by atoms with Crippen molar-refractivity contribution >= 4 is 5.91 Å². The van der Waals surface area contributed by atoms with E-state index in [9.17, 15) is 4.79 Å². The Bertz CT molecular complexity index is 187. The van der Waals surface area contributed by atoms with E-state index in [2.05, 4.69) is 10.8 Å². The van der Waals surface area contributed by atoms with Crippen LogP contribution in [0.4, 0.5) is 0 Å². The fraction of sp³-hybridized carbons (Fsp3) is 0.889. The van der Waals surface area contributed by atoms with Gasteiger partial charge < -0.3 is 5.32 Å². The maximum atomic E-state index is 10.8. The van der Waals surface area contributed by atoms with Gasteiger partial charge in [-0.2, -0.15) is 5.48 Å². The van der Waals surface area contributed by atoms with Gasteiger partial charge in [0.15, 0.2) is 0 Å². The van der Waals surface area contributed by atoms with E-state index in [0.717, 1.165) is 6.42 Å². The third kappa shape index (κ3) is 4.24. The topological polar surface area (TPSA) is 50.4 Å². The van der Waals surface area contributed by atoms with Gasteiger partial charge in [0, 0.05) is 19.0 Å². The molecule has 1 saturated heterocycles. The zero-order chi connectivity index (χ0) is 9.90. The average molecular weight is 186 g/mol. The fourth-order valence-electron chi connectivity index (χ4n) is 1.19. The minimum Gasteiger partial charge on any atom is -0.352 e. The van der Waals surface area contributed by atoms with Gasteiger partial charge in [-0.1, -0.05) is 0 Å². The molecule has 4 heteroatoms. The van der Waals surface area contributed by atoms with Crippen LogP contribution in [0, 0.1) is 0 Å². The number of hydrogen-bond donors (Lipinski definition) is 2. The Morgan fingerprint density at radius 1 is 1.62 bits per heavy atom. The summed E-state index contributed by atoms with van der Waals surface area (Å²) in [6.07, 6.45) is 1.54. The van der Waals surface area contributed by atoms with Crippen molar-refractivity contribution in [3.05, 3.63) is 0 Å². The summed E-state index contributed by atoms with van der Waals surface area (Å²) in [6.45, 7) is 6.62. The predicted octanol–water partition coefficient (Wildman–Crippen LogP) is 0.585. The number of amides is 1. The number of rotatable bonds is 3. The molecule has 1 atom stereocenters. The molecule has 0 aliphatic carbocycles. The molecular formula is C9H18N2O2. The molecular weight excluding hydrogens is 168 g/mol. The number of carbonyl (C=O) groups excluding carboxylic acids is 1. The minimum absolute atomic E-state index is 0.141. The highest BCUT2D eigenvalue weighted by atomic mass is 16.7. The first-order valence-corrected chi connectivity index (χ1v) is 4.67. The quantitative estimate of drug-likeness (QED) is 0.634. The van der Waals surface area contributed by atoms with Crippen LogP contribution < -0.4 is 10.8 Å². The lowest BCUT2D eigenvalue weighted by molar-refractivity contribution is -0.119. The third-order valence-corrected chi connectivity index (χ3v) is 1.79. The molecule has 0 spiro atoms. The smallest absolute Gasteiger partial charge is 0.220 e. The molecule has 0 radical (unpaired) electrons. The molecule has 0 bridgehead atoms. The number of nitrogens with one attached hydrogen (secondary N) is 2. The molecule has 0 aromatic rings. The van der Waals surface area contributed by atoms with Crippen molar-refractivity contribution in [1.29, 1.82) is 0 Å². The fourth-order valence-corrected chi connectivity index (χ4v) is 1.19. The van der Waals surface area contributed by atoms with Crippen molar-refractivity contribution in [2.75, 3.05) is 6.54 Å². The Kier molecular flexibility index (Phi) is 3.27. The normalized spacial score (nSPS) is 23.3. The standard InChI is InChI=1S/C9H18N2O2/c1-9(2,3)13-10-6-7-4-5-8(12)11-7/h7,10H,4-6H2,1-3H3,(H,11,12). The monoisotopic (exact) mass is 186 g/mol. The lowest BCUT2D eigenvalue weighted by Gasteiger charge is -2.20. The summed E-state index contributed by atoms with van der Waals surface area (Å²) in [5.74, 6) is 0.141. The molecule has 2 N–H and O–H groups in total. The van der Waals surface area contributed by atoms with E-state index >= 15 is 0 Å². The van der Waals surface area contributed by atoms with Crippen molar-refractivity contribution in [3.8, 4) is 0 Å². The van der Waals surface area contributed by atoms with Gasteiger partial charge in [-0.3, -0.25) is 9.63 Å². The van der Waals surface area contributed by atoms with Crippen molar-refractivity contribution in [1.82, 2.24) is 10.8 Å². The van der Waals surface area contributed by atoms with Crippen LogP contribution in [0.25, 0.3) is 0 Å². The van der Waals surface area contributed by atoms with Gasteiger partial charge in [-0.15, -0.1) is 0 Å². The Morgan fingerprint density at radius 3 is 2.77 bits per heavy atom. The first kappa shape index (κ1) is 10.5. The molecule has 4 nitrogen and oxygen atoms in total. The Labute approximate surface area is 79.0 Å². The van der Waals surface area contributed by atoms with E-state index < -0.39 is 0 Å². The number of carbonyl (C=O) groups is 1. The molecule has 1 amide bonds. The summed E-state index contributed by atoms with van der Waals surface area (Å²) < 4.78 is 0. The first-order valence-electron chi connectivity index (χ1n) is 4.67. The van der Waals surface area contributed by atoms with Gasteiger partial charge >= 0.3 is 0 Å². The molecule has 13 heavy (non-hydrogen) atoms. The molecule has 1 aliphatic heterocycles.